The van der Waals surface area contributed by atoms with Crippen LogP contribution in [0.25, 0.3) is 0 Å². The van der Waals surface area contributed by atoms with Gasteiger partial charge in [0.1, 0.15) is 0 Å². The molecule has 1 N–H and O–H groups in total. The van der Waals surface area contributed by atoms with Gasteiger partial charge in [-0.15, -0.1) is 6.42 Å². The Hall–Kier alpha value is -0.560. The second-order valence-corrected chi connectivity index (χ2v) is 4.28. The number of nitrogens with zero attached hydrogens (tertiary/aromatic N) is 1. The van der Waals surface area contributed by atoms with E-state index in [-0.39, 0.29) is 0 Å². The first-order valence-corrected chi connectivity index (χ1v) is 5.64. The Morgan fingerprint density at radius 2 is 2.40 bits per heavy atom. The number of hydrogen-bond acceptors (Lipinski definition) is 3. The van der Waals surface area contributed by atoms with Gasteiger partial charge in [-0.25, -0.2) is 0 Å². The number of hydrogen-bond donors (Lipinski definition) is 1. The first-order chi connectivity index (χ1) is 7.16. The highest BCUT2D eigenvalue weighted by atomic mass is 16.5. The van der Waals surface area contributed by atoms with E-state index in [0.717, 1.165) is 19.6 Å². The van der Waals surface area contributed by atoms with Crippen molar-refractivity contribution in [2.75, 3.05) is 26.7 Å². The van der Waals surface area contributed by atoms with E-state index in [1.165, 1.54) is 0 Å². The minimum Gasteiger partial charge on any atom is -0.377 e. The molecule has 3 unspecified atom stereocenters. The maximum absolute atomic E-state index is 5.57. The van der Waals surface area contributed by atoms with Crippen LogP contribution in [0.3, 0.4) is 0 Å². The molecule has 0 aromatic heterocycles. The van der Waals surface area contributed by atoms with Crippen LogP contribution in [0.5, 0.6) is 0 Å². The molecule has 0 bridgehead atoms. The van der Waals surface area contributed by atoms with Gasteiger partial charge >= 0.3 is 0 Å². The second kappa shape index (κ2) is 6.12. The zero-order valence-corrected chi connectivity index (χ0v) is 9.99. The lowest BCUT2D eigenvalue weighted by Gasteiger charge is -2.32. The van der Waals surface area contributed by atoms with Crippen molar-refractivity contribution in [2.24, 2.45) is 0 Å². The molecule has 86 valence electrons. The van der Waals surface area contributed by atoms with Crippen molar-refractivity contribution in [3.05, 3.63) is 0 Å². The van der Waals surface area contributed by atoms with Crippen molar-refractivity contribution in [1.82, 2.24) is 10.2 Å². The minimum absolute atomic E-state index is 0.352. The van der Waals surface area contributed by atoms with Crippen molar-refractivity contribution < 1.29 is 4.74 Å². The third kappa shape index (κ3) is 3.49. The van der Waals surface area contributed by atoms with Gasteiger partial charge in [-0.3, -0.25) is 4.90 Å². The van der Waals surface area contributed by atoms with E-state index < -0.39 is 0 Å². The summed E-state index contributed by atoms with van der Waals surface area (Å²) in [6, 6.07) is 1.04. The van der Waals surface area contributed by atoms with E-state index in [0.29, 0.717) is 24.7 Å². The summed E-state index contributed by atoms with van der Waals surface area (Å²) in [5.41, 5.74) is 0. The molecule has 1 saturated heterocycles. The quantitative estimate of drug-likeness (QED) is 0.534. The largest absolute Gasteiger partial charge is 0.377 e. The molecule has 0 amide bonds. The van der Waals surface area contributed by atoms with Crippen LogP contribution < -0.4 is 5.32 Å². The van der Waals surface area contributed by atoms with Crippen LogP contribution in [-0.4, -0.2) is 49.8 Å². The van der Waals surface area contributed by atoms with Crippen molar-refractivity contribution in [1.29, 1.82) is 0 Å². The number of nitrogens with one attached hydrogen (secondary N) is 1. The maximum Gasteiger partial charge on any atom is 0.0703 e. The van der Waals surface area contributed by atoms with Gasteiger partial charge in [-0.2, -0.15) is 0 Å². The number of ether oxygens (including phenoxy) is 1. The van der Waals surface area contributed by atoms with Crippen molar-refractivity contribution in [2.45, 2.75) is 38.5 Å². The molecule has 3 nitrogen and oxygen atoms in total. The standard InChI is InChI=1S/C12H22N2O/c1-5-7-13-9-10(2)14(4)12-6-8-15-11(12)3/h1,10-13H,6-9H2,2-4H3. The maximum atomic E-state index is 5.57. The Labute approximate surface area is 93.2 Å². The van der Waals surface area contributed by atoms with Gasteiger partial charge in [0.15, 0.2) is 0 Å². The van der Waals surface area contributed by atoms with Gasteiger partial charge in [0.05, 0.1) is 12.6 Å². The van der Waals surface area contributed by atoms with E-state index >= 15 is 0 Å². The van der Waals surface area contributed by atoms with Gasteiger partial charge in [0.2, 0.25) is 0 Å². The van der Waals surface area contributed by atoms with E-state index in [1.54, 1.807) is 0 Å². The summed E-state index contributed by atoms with van der Waals surface area (Å²) in [4.78, 5) is 2.39. The summed E-state index contributed by atoms with van der Waals surface area (Å²) in [5.74, 6) is 2.59. The lowest BCUT2D eigenvalue weighted by molar-refractivity contribution is 0.0706. The first kappa shape index (κ1) is 12.5. The molecule has 1 fully saturated rings. The first-order valence-electron chi connectivity index (χ1n) is 5.64. The highest BCUT2D eigenvalue weighted by molar-refractivity contribution is 4.88. The normalized spacial score (nSPS) is 27.9. The summed E-state index contributed by atoms with van der Waals surface area (Å²) < 4.78 is 5.57. The molecule has 0 radical (unpaired) electrons. The topological polar surface area (TPSA) is 24.5 Å². The monoisotopic (exact) mass is 210 g/mol. The molecule has 0 aromatic rings. The fraction of sp³-hybridized carbons (Fsp3) is 0.833. The molecule has 1 rings (SSSR count). The third-order valence-electron chi connectivity index (χ3n) is 3.22. The molecular weight excluding hydrogens is 188 g/mol. The molecule has 15 heavy (non-hydrogen) atoms. The third-order valence-corrected chi connectivity index (χ3v) is 3.22. The SMILES string of the molecule is C#CCNCC(C)N(C)C1CCOC1C. The van der Waals surface area contributed by atoms with Crippen molar-refractivity contribution in [3.63, 3.8) is 0 Å². The molecule has 3 heteroatoms. The van der Waals surface area contributed by atoms with E-state index in [2.05, 4.69) is 37.0 Å². The van der Waals surface area contributed by atoms with Crippen LogP contribution in [0.2, 0.25) is 0 Å². The van der Waals surface area contributed by atoms with E-state index in [9.17, 15) is 0 Å². The average molecular weight is 210 g/mol. The fourth-order valence-corrected chi connectivity index (χ4v) is 2.08. The summed E-state index contributed by atoms with van der Waals surface area (Å²) >= 11 is 0. The summed E-state index contributed by atoms with van der Waals surface area (Å²) in [6.07, 6.45) is 6.68. The van der Waals surface area contributed by atoms with E-state index in [1.807, 2.05) is 0 Å². The van der Waals surface area contributed by atoms with Crippen LogP contribution in [0, 0.1) is 12.3 Å². The average Bonchev–Trinajstić information content (AvgIpc) is 2.63. The van der Waals surface area contributed by atoms with Gasteiger partial charge < -0.3 is 10.1 Å². The molecule has 1 aliphatic rings. The zero-order chi connectivity index (χ0) is 11.3. The molecule has 0 spiro atoms. The van der Waals surface area contributed by atoms with Crippen LogP contribution in [-0.2, 0) is 4.74 Å². The van der Waals surface area contributed by atoms with Crippen LogP contribution in [0.1, 0.15) is 20.3 Å². The molecule has 3 atom stereocenters. The highest BCUT2D eigenvalue weighted by Crippen LogP contribution is 2.19. The molecule has 0 aliphatic carbocycles. The van der Waals surface area contributed by atoms with Crippen LogP contribution >= 0.6 is 0 Å². The lowest BCUT2D eigenvalue weighted by atomic mass is 10.1. The van der Waals surface area contributed by atoms with Crippen LogP contribution in [0.15, 0.2) is 0 Å². The molecule has 0 saturated carbocycles. The number of terminal acetylenes is 1. The fourth-order valence-electron chi connectivity index (χ4n) is 2.08. The van der Waals surface area contributed by atoms with Gasteiger partial charge in [-0.1, -0.05) is 5.92 Å². The van der Waals surface area contributed by atoms with Crippen LogP contribution in [0.4, 0.5) is 0 Å². The Morgan fingerprint density at radius 3 is 2.93 bits per heavy atom. The van der Waals surface area contributed by atoms with Gasteiger partial charge in [0.25, 0.3) is 0 Å². The predicted molar refractivity (Wildman–Crippen MR) is 62.7 cm³/mol. The lowest BCUT2D eigenvalue weighted by Crippen LogP contribution is -2.46. The number of likely N-dealkylation sites (N-methyl/N-ethyl adjacent to an activating group) is 1. The summed E-state index contributed by atoms with van der Waals surface area (Å²) in [6.45, 7) is 6.84. The summed E-state index contributed by atoms with van der Waals surface area (Å²) in [7, 11) is 2.16. The molecular formula is C12H22N2O. The second-order valence-electron chi connectivity index (χ2n) is 4.28. The smallest absolute Gasteiger partial charge is 0.0703 e. The number of rotatable bonds is 5. The Bertz CT molecular complexity index is 224. The van der Waals surface area contributed by atoms with Gasteiger partial charge in [0, 0.05) is 25.2 Å². The summed E-state index contributed by atoms with van der Waals surface area (Å²) in [5, 5.41) is 3.24. The van der Waals surface area contributed by atoms with Gasteiger partial charge in [-0.05, 0) is 27.3 Å². The molecule has 1 aliphatic heterocycles. The Balaban J connectivity index is 2.32. The van der Waals surface area contributed by atoms with Crippen molar-refractivity contribution >= 4 is 0 Å². The highest BCUT2D eigenvalue weighted by Gasteiger charge is 2.29. The predicted octanol–water partition coefficient (Wildman–Crippen LogP) is 0.707. The van der Waals surface area contributed by atoms with Crippen molar-refractivity contribution in [3.8, 4) is 12.3 Å². The van der Waals surface area contributed by atoms with E-state index in [4.69, 9.17) is 11.2 Å². The Kier molecular flexibility index (Phi) is 5.10. The minimum atomic E-state index is 0.352. The zero-order valence-electron chi connectivity index (χ0n) is 9.99. The Morgan fingerprint density at radius 1 is 1.67 bits per heavy atom. The molecule has 1 heterocycles. The molecule has 0 aromatic carbocycles.